The highest BCUT2D eigenvalue weighted by Crippen LogP contribution is 2.23. The molecular weight excluding hydrogens is 739 g/mol. The van der Waals surface area contributed by atoms with Crippen molar-refractivity contribution in [2.75, 3.05) is 45.1 Å². The molecule has 3 aromatic rings. The van der Waals surface area contributed by atoms with Crippen molar-refractivity contribution in [1.82, 2.24) is 19.8 Å². The van der Waals surface area contributed by atoms with Gasteiger partial charge in [0.2, 0.25) is 21.8 Å². The molecule has 2 aliphatic heterocycles. The minimum atomic E-state index is -3.76. The van der Waals surface area contributed by atoms with Gasteiger partial charge < -0.3 is 34.9 Å². The second-order valence-electron chi connectivity index (χ2n) is 15.1. The molecule has 0 unspecified atom stereocenters. The number of ether oxygens (including phenoxy) is 3. The van der Waals surface area contributed by atoms with E-state index >= 15 is 0 Å². The molecular formula is C40H53BN4O10S. The molecule has 2 saturated heterocycles. The Labute approximate surface area is 329 Å². The van der Waals surface area contributed by atoms with Crippen LogP contribution in [0.3, 0.4) is 0 Å². The fourth-order valence-corrected chi connectivity index (χ4v) is 8.38. The summed E-state index contributed by atoms with van der Waals surface area (Å²) in [6.07, 6.45) is 0.508. The Morgan fingerprint density at radius 3 is 2.16 bits per heavy atom. The van der Waals surface area contributed by atoms with E-state index in [2.05, 4.69) is 15.5 Å². The first kappa shape index (κ1) is 42.8. The number of morpholine rings is 1. The number of benzene rings is 3. The first-order valence-corrected chi connectivity index (χ1v) is 20.6. The van der Waals surface area contributed by atoms with Gasteiger partial charge in [-0.3, -0.25) is 14.5 Å². The summed E-state index contributed by atoms with van der Waals surface area (Å²) in [7, 11) is -5.50. The molecule has 0 bridgehead atoms. The van der Waals surface area contributed by atoms with Crippen molar-refractivity contribution in [2.45, 2.75) is 76.8 Å². The molecule has 4 N–H and O–H groups in total. The molecule has 2 heterocycles. The number of hydrogen-bond acceptors (Lipinski definition) is 11. The normalized spacial score (nSPS) is 17.7. The van der Waals surface area contributed by atoms with E-state index in [4.69, 9.17) is 14.2 Å². The van der Waals surface area contributed by atoms with E-state index < -0.39 is 58.7 Å². The minimum Gasteiger partial charge on any atom is -0.489 e. The topological polar surface area (TPSA) is 184 Å². The lowest BCUT2D eigenvalue weighted by Crippen LogP contribution is -2.57. The van der Waals surface area contributed by atoms with Crippen molar-refractivity contribution in [1.29, 1.82) is 0 Å². The van der Waals surface area contributed by atoms with Crippen LogP contribution in [0.15, 0.2) is 78.9 Å². The van der Waals surface area contributed by atoms with Gasteiger partial charge in [-0.2, -0.15) is 4.31 Å². The third kappa shape index (κ3) is 12.9. The highest BCUT2D eigenvalue weighted by atomic mass is 32.2. The predicted molar refractivity (Wildman–Crippen MR) is 211 cm³/mol. The molecule has 2 aliphatic rings. The molecule has 14 nitrogen and oxygen atoms in total. The van der Waals surface area contributed by atoms with Crippen molar-refractivity contribution in [2.24, 2.45) is 0 Å². The molecule has 56 heavy (non-hydrogen) atoms. The Morgan fingerprint density at radius 1 is 0.839 bits per heavy atom. The maximum absolute atomic E-state index is 14.4. The number of carbonyl (C=O) groups excluding carboxylic acids is 3. The van der Waals surface area contributed by atoms with Gasteiger partial charge in [0.15, 0.2) is 0 Å². The standard InChI is InChI=1S/C40H53BN4O10S/c1-40(2,3)55-39(48)35(26-30-12-7-14-32(24-30)41(49)50)43-37(46)34(16-18-44-19-21-53-22-20-44)42-38(47)36(45-17-9-23-56(45,51)52)27-31-13-8-15-33(25-31)54-28-29-10-5-4-6-11-29/h4-8,10-15,24-25,34-36,49-50H,9,16-23,26-28H2,1-3H3,(H,42,47)(H,43,46)/t34-,35-,36-/m0/s1. The summed E-state index contributed by atoms with van der Waals surface area (Å²) in [6.45, 7) is 8.32. The summed E-state index contributed by atoms with van der Waals surface area (Å²) < 4.78 is 45.0. The van der Waals surface area contributed by atoms with Gasteiger partial charge in [-0.05, 0) is 74.3 Å². The van der Waals surface area contributed by atoms with Crippen LogP contribution in [0.1, 0.15) is 50.3 Å². The lowest BCUT2D eigenvalue weighted by Gasteiger charge is -2.31. The average molecular weight is 793 g/mol. The molecule has 5 rings (SSSR count). The molecule has 2 fully saturated rings. The van der Waals surface area contributed by atoms with Gasteiger partial charge in [-0.1, -0.05) is 66.7 Å². The molecule has 16 heteroatoms. The van der Waals surface area contributed by atoms with Gasteiger partial charge >= 0.3 is 13.1 Å². The van der Waals surface area contributed by atoms with Gasteiger partial charge in [-0.15, -0.1) is 0 Å². The van der Waals surface area contributed by atoms with Crippen LogP contribution in [0.4, 0.5) is 0 Å². The lowest BCUT2D eigenvalue weighted by molar-refractivity contribution is -0.158. The van der Waals surface area contributed by atoms with Crippen LogP contribution < -0.4 is 20.8 Å². The summed E-state index contributed by atoms with van der Waals surface area (Å²) in [5.74, 6) is -1.55. The summed E-state index contributed by atoms with van der Waals surface area (Å²) in [6, 6.07) is 19.6. The highest BCUT2D eigenvalue weighted by molar-refractivity contribution is 7.89. The third-order valence-electron chi connectivity index (χ3n) is 9.53. The van der Waals surface area contributed by atoms with Crippen LogP contribution in [0.2, 0.25) is 0 Å². The number of rotatable bonds is 17. The van der Waals surface area contributed by atoms with Gasteiger partial charge in [0.05, 0.1) is 19.0 Å². The van der Waals surface area contributed by atoms with Crippen molar-refractivity contribution >= 4 is 40.4 Å². The van der Waals surface area contributed by atoms with Crippen molar-refractivity contribution < 1.29 is 47.1 Å². The summed E-state index contributed by atoms with van der Waals surface area (Å²) in [4.78, 5) is 44.3. The number of esters is 1. The van der Waals surface area contributed by atoms with E-state index in [0.717, 1.165) is 5.56 Å². The Kier molecular flexibility index (Phi) is 15.1. The monoisotopic (exact) mass is 792 g/mol. The number of amides is 2. The summed E-state index contributed by atoms with van der Waals surface area (Å²) >= 11 is 0. The quantitative estimate of drug-likeness (QED) is 0.114. The fraction of sp³-hybridized carbons (Fsp3) is 0.475. The molecule has 0 saturated carbocycles. The number of hydrogen-bond donors (Lipinski definition) is 4. The predicted octanol–water partition coefficient (Wildman–Crippen LogP) is 1.17. The Bertz CT molecular complexity index is 1890. The third-order valence-corrected chi connectivity index (χ3v) is 11.5. The highest BCUT2D eigenvalue weighted by Gasteiger charge is 2.40. The van der Waals surface area contributed by atoms with Crippen LogP contribution in [0, 0.1) is 0 Å². The number of sulfonamides is 1. The van der Waals surface area contributed by atoms with Gasteiger partial charge in [0.25, 0.3) is 0 Å². The Morgan fingerprint density at radius 2 is 1.50 bits per heavy atom. The summed E-state index contributed by atoms with van der Waals surface area (Å²) in [5.41, 5.74) is 1.52. The second kappa shape index (κ2) is 19.7. The molecule has 0 radical (unpaired) electrons. The zero-order chi connectivity index (χ0) is 40.3. The van der Waals surface area contributed by atoms with E-state index in [9.17, 15) is 32.8 Å². The fourth-order valence-electron chi connectivity index (χ4n) is 6.69. The van der Waals surface area contributed by atoms with Crippen LogP contribution in [0.25, 0.3) is 0 Å². The van der Waals surface area contributed by atoms with Crippen LogP contribution in [0.5, 0.6) is 5.75 Å². The van der Waals surface area contributed by atoms with Crippen molar-refractivity contribution in [3.05, 3.63) is 95.6 Å². The molecule has 0 aromatic heterocycles. The van der Waals surface area contributed by atoms with E-state index in [1.807, 2.05) is 30.3 Å². The maximum atomic E-state index is 14.4. The largest absolute Gasteiger partial charge is 0.489 e. The zero-order valence-corrected chi connectivity index (χ0v) is 33.1. The number of nitrogens with zero attached hydrogens (tertiary/aromatic N) is 2. The van der Waals surface area contributed by atoms with Crippen molar-refractivity contribution in [3.8, 4) is 5.75 Å². The Hall–Kier alpha value is -4.32. The molecule has 3 atom stereocenters. The number of carbonyl (C=O) groups is 3. The smallest absolute Gasteiger partial charge is 0.488 e. The molecule has 0 spiro atoms. The van der Waals surface area contributed by atoms with Crippen LogP contribution in [-0.4, -0.2) is 121 Å². The molecule has 3 aromatic carbocycles. The number of nitrogens with one attached hydrogen (secondary N) is 2. The Balaban J connectivity index is 1.39. The molecule has 2 amide bonds. The van der Waals surface area contributed by atoms with E-state index in [0.29, 0.717) is 62.8 Å². The molecule has 0 aliphatic carbocycles. The van der Waals surface area contributed by atoms with Crippen LogP contribution in [-0.2, 0) is 53.3 Å². The van der Waals surface area contributed by atoms with E-state index in [1.54, 1.807) is 57.2 Å². The van der Waals surface area contributed by atoms with Crippen LogP contribution >= 0.6 is 0 Å². The SMILES string of the molecule is CC(C)(C)OC(=O)[C@H](Cc1cccc(B(O)O)c1)NC(=O)[C@H](CCN1CCOCC1)NC(=O)[C@H](Cc1cccc(OCc2ccccc2)c1)N1CCCS1(=O)=O. The van der Waals surface area contributed by atoms with E-state index in [1.165, 1.54) is 16.4 Å². The maximum Gasteiger partial charge on any atom is 0.488 e. The zero-order valence-electron chi connectivity index (χ0n) is 32.3. The summed E-state index contributed by atoms with van der Waals surface area (Å²) in [5, 5.41) is 25.1. The van der Waals surface area contributed by atoms with Gasteiger partial charge in [-0.25, -0.2) is 13.2 Å². The first-order chi connectivity index (χ1) is 26.7. The van der Waals surface area contributed by atoms with Crippen molar-refractivity contribution in [3.63, 3.8) is 0 Å². The van der Waals surface area contributed by atoms with E-state index in [-0.39, 0.29) is 37.0 Å². The second-order valence-corrected chi connectivity index (χ2v) is 17.2. The first-order valence-electron chi connectivity index (χ1n) is 19.0. The molecule has 302 valence electrons. The van der Waals surface area contributed by atoms with Gasteiger partial charge in [0, 0.05) is 32.6 Å². The van der Waals surface area contributed by atoms with Gasteiger partial charge in [0.1, 0.15) is 36.1 Å². The minimum absolute atomic E-state index is 0.0268. The average Bonchev–Trinajstić information content (AvgIpc) is 3.52. The lowest BCUT2D eigenvalue weighted by atomic mass is 9.79.